The smallest absolute Gasteiger partial charge is 0.273 e. The van der Waals surface area contributed by atoms with Crippen molar-refractivity contribution in [1.82, 2.24) is 20.3 Å². The maximum atomic E-state index is 12.8. The zero-order chi connectivity index (χ0) is 20.1. The van der Waals surface area contributed by atoms with Gasteiger partial charge in [-0.3, -0.25) is 4.79 Å². The fourth-order valence-electron chi connectivity index (χ4n) is 3.60. The molecule has 3 aromatic rings. The Bertz CT molecular complexity index is 934. The lowest BCUT2D eigenvalue weighted by Gasteiger charge is -2.23. The molecule has 1 N–H and O–H groups in total. The first-order valence-electron chi connectivity index (χ1n) is 10.4. The minimum absolute atomic E-state index is 0.128. The zero-order valence-corrected chi connectivity index (χ0v) is 16.8. The standard InChI is InChI=1S/C23H27N5O/c1-2-27(19-10-5-3-6-11-19)17-9-16-24-23(29)21-22(18-14-15-18)28(26-25-21)20-12-7-4-8-13-20/h3-8,10-13,18H,2,9,14-17H2,1H3,(H,24,29). The number of rotatable bonds is 9. The molecule has 1 aromatic heterocycles. The second-order valence-corrected chi connectivity index (χ2v) is 7.37. The second kappa shape index (κ2) is 8.90. The Morgan fingerprint density at radius 3 is 2.45 bits per heavy atom. The molecular formula is C23H27N5O. The Hall–Kier alpha value is -3.15. The molecule has 0 atom stereocenters. The summed E-state index contributed by atoms with van der Waals surface area (Å²) in [4.78, 5) is 15.1. The van der Waals surface area contributed by atoms with Crippen LogP contribution in [0.4, 0.5) is 5.69 Å². The zero-order valence-electron chi connectivity index (χ0n) is 16.8. The summed E-state index contributed by atoms with van der Waals surface area (Å²) in [5, 5.41) is 11.5. The summed E-state index contributed by atoms with van der Waals surface area (Å²) in [6.45, 7) is 4.60. The lowest BCUT2D eigenvalue weighted by molar-refractivity contribution is 0.0947. The van der Waals surface area contributed by atoms with E-state index < -0.39 is 0 Å². The van der Waals surface area contributed by atoms with E-state index in [1.54, 1.807) is 0 Å². The molecule has 6 heteroatoms. The van der Waals surface area contributed by atoms with Crippen LogP contribution < -0.4 is 10.2 Å². The highest BCUT2D eigenvalue weighted by Gasteiger charge is 2.34. The monoisotopic (exact) mass is 389 g/mol. The van der Waals surface area contributed by atoms with E-state index in [1.807, 2.05) is 41.1 Å². The minimum atomic E-state index is -0.128. The SMILES string of the molecule is CCN(CCCNC(=O)c1nnn(-c2ccccc2)c1C1CC1)c1ccccc1. The molecule has 1 saturated carbocycles. The molecule has 1 amide bonds. The number of para-hydroxylation sites is 2. The molecule has 0 saturated heterocycles. The van der Waals surface area contributed by atoms with E-state index in [2.05, 4.69) is 51.7 Å². The Morgan fingerprint density at radius 2 is 1.79 bits per heavy atom. The summed E-state index contributed by atoms with van der Waals surface area (Å²) in [5.41, 5.74) is 3.56. The highest BCUT2D eigenvalue weighted by molar-refractivity contribution is 5.93. The molecule has 150 valence electrons. The van der Waals surface area contributed by atoms with Crippen molar-refractivity contribution in [3.05, 3.63) is 72.1 Å². The molecule has 6 nitrogen and oxygen atoms in total. The van der Waals surface area contributed by atoms with Crippen LogP contribution in [0.25, 0.3) is 5.69 Å². The van der Waals surface area contributed by atoms with Gasteiger partial charge in [0, 0.05) is 31.2 Å². The highest BCUT2D eigenvalue weighted by atomic mass is 16.2. The Balaban J connectivity index is 1.37. The molecule has 4 rings (SSSR count). The number of carbonyl (C=O) groups excluding carboxylic acids is 1. The van der Waals surface area contributed by atoms with Gasteiger partial charge in [0.25, 0.3) is 5.91 Å². The van der Waals surface area contributed by atoms with Crippen LogP contribution in [0.15, 0.2) is 60.7 Å². The van der Waals surface area contributed by atoms with E-state index in [-0.39, 0.29) is 5.91 Å². The Morgan fingerprint density at radius 1 is 1.10 bits per heavy atom. The highest BCUT2D eigenvalue weighted by Crippen LogP contribution is 2.41. The van der Waals surface area contributed by atoms with Gasteiger partial charge < -0.3 is 10.2 Å². The van der Waals surface area contributed by atoms with E-state index >= 15 is 0 Å². The summed E-state index contributed by atoms with van der Waals surface area (Å²) < 4.78 is 1.82. The van der Waals surface area contributed by atoms with Crippen LogP contribution in [0.2, 0.25) is 0 Å². The Kier molecular flexibility index (Phi) is 5.89. The van der Waals surface area contributed by atoms with Gasteiger partial charge in [-0.25, -0.2) is 4.68 Å². The maximum absolute atomic E-state index is 12.8. The van der Waals surface area contributed by atoms with Crippen LogP contribution in [0.1, 0.15) is 48.3 Å². The first-order chi connectivity index (χ1) is 14.3. The van der Waals surface area contributed by atoms with Gasteiger partial charge in [-0.1, -0.05) is 41.6 Å². The second-order valence-electron chi connectivity index (χ2n) is 7.37. The summed E-state index contributed by atoms with van der Waals surface area (Å²) in [5.74, 6) is 0.247. The van der Waals surface area contributed by atoms with E-state index in [1.165, 1.54) is 5.69 Å². The number of hydrogen-bond donors (Lipinski definition) is 1. The van der Waals surface area contributed by atoms with Crippen LogP contribution in [-0.4, -0.2) is 40.5 Å². The predicted octanol–water partition coefficient (Wildman–Crippen LogP) is 3.79. The van der Waals surface area contributed by atoms with Crippen LogP contribution in [-0.2, 0) is 0 Å². The van der Waals surface area contributed by atoms with Crippen LogP contribution in [0, 0.1) is 0 Å². The topological polar surface area (TPSA) is 63.1 Å². The van der Waals surface area contributed by atoms with Crippen LogP contribution in [0.5, 0.6) is 0 Å². The number of carbonyl (C=O) groups is 1. The lowest BCUT2D eigenvalue weighted by Crippen LogP contribution is -2.30. The molecule has 2 aromatic carbocycles. The maximum Gasteiger partial charge on any atom is 0.273 e. The Labute approximate surface area is 171 Å². The van der Waals surface area contributed by atoms with Crippen molar-refractivity contribution in [3.8, 4) is 5.69 Å². The van der Waals surface area contributed by atoms with Gasteiger partial charge in [0.15, 0.2) is 5.69 Å². The number of aromatic nitrogens is 3. The van der Waals surface area contributed by atoms with Gasteiger partial charge in [-0.2, -0.15) is 0 Å². The molecule has 1 aliphatic rings. The summed E-state index contributed by atoms with van der Waals surface area (Å²) in [6.07, 6.45) is 3.05. The molecule has 1 heterocycles. The fraction of sp³-hybridized carbons (Fsp3) is 0.348. The quantitative estimate of drug-likeness (QED) is 0.566. The predicted molar refractivity (Wildman–Crippen MR) is 115 cm³/mol. The molecule has 0 bridgehead atoms. The number of hydrogen-bond acceptors (Lipinski definition) is 4. The third-order valence-electron chi connectivity index (χ3n) is 5.28. The van der Waals surface area contributed by atoms with Crippen molar-refractivity contribution in [2.24, 2.45) is 0 Å². The van der Waals surface area contributed by atoms with Crippen molar-refractivity contribution >= 4 is 11.6 Å². The third kappa shape index (κ3) is 4.47. The number of anilines is 1. The van der Waals surface area contributed by atoms with Crippen molar-refractivity contribution in [2.75, 3.05) is 24.5 Å². The van der Waals surface area contributed by atoms with Crippen molar-refractivity contribution in [1.29, 1.82) is 0 Å². The van der Waals surface area contributed by atoms with Gasteiger partial charge in [0.2, 0.25) is 0 Å². The average Bonchev–Trinajstić information content (AvgIpc) is 3.52. The fourth-order valence-corrected chi connectivity index (χ4v) is 3.60. The number of nitrogens with one attached hydrogen (secondary N) is 1. The molecule has 1 fully saturated rings. The number of benzene rings is 2. The van der Waals surface area contributed by atoms with E-state index in [0.717, 1.165) is 43.7 Å². The van der Waals surface area contributed by atoms with Gasteiger partial charge in [-0.15, -0.1) is 5.10 Å². The van der Waals surface area contributed by atoms with Gasteiger partial charge >= 0.3 is 0 Å². The third-order valence-corrected chi connectivity index (χ3v) is 5.28. The van der Waals surface area contributed by atoms with Crippen molar-refractivity contribution < 1.29 is 4.79 Å². The summed E-state index contributed by atoms with van der Waals surface area (Å²) >= 11 is 0. The van der Waals surface area contributed by atoms with Gasteiger partial charge in [0.05, 0.1) is 11.4 Å². The van der Waals surface area contributed by atoms with E-state index in [4.69, 9.17) is 0 Å². The first-order valence-corrected chi connectivity index (χ1v) is 10.4. The molecular weight excluding hydrogens is 362 g/mol. The van der Waals surface area contributed by atoms with E-state index in [0.29, 0.717) is 18.2 Å². The first kappa shape index (κ1) is 19.2. The molecule has 0 radical (unpaired) electrons. The van der Waals surface area contributed by atoms with Gasteiger partial charge in [-0.05, 0) is 50.5 Å². The molecule has 1 aliphatic carbocycles. The largest absolute Gasteiger partial charge is 0.372 e. The molecule has 29 heavy (non-hydrogen) atoms. The van der Waals surface area contributed by atoms with Crippen molar-refractivity contribution in [3.63, 3.8) is 0 Å². The number of amides is 1. The van der Waals surface area contributed by atoms with Crippen LogP contribution >= 0.6 is 0 Å². The average molecular weight is 390 g/mol. The minimum Gasteiger partial charge on any atom is -0.372 e. The summed E-state index contributed by atoms with van der Waals surface area (Å²) in [6, 6.07) is 20.3. The lowest BCUT2D eigenvalue weighted by atomic mass is 10.2. The normalized spacial score (nSPS) is 13.3. The van der Waals surface area contributed by atoms with Gasteiger partial charge in [0.1, 0.15) is 0 Å². The van der Waals surface area contributed by atoms with Crippen LogP contribution in [0.3, 0.4) is 0 Å². The van der Waals surface area contributed by atoms with Crippen molar-refractivity contribution in [2.45, 2.75) is 32.1 Å². The van der Waals surface area contributed by atoms with E-state index in [9.17, 15) is 4.79 Å². The summed E-state index contributed by atoms with van der Waals surface area (Å²) in [7, 11) is 0. The molecule has 0 spiro atoms. The molecule has 0 aliphatic heterocycles. The molecule has 0 unspecified atom stereocenters. The number of nitrogens with zero attached hydrogens (tertiary/aromatic N) is 4.